The van der Waals surface area contributed by atoms with Crippen molar-refractivity contribution in [1.82, 2.24) is 5.32 Å². The first-order chi connectivity index (χ1) is 9.72. The van der Waals surface area contributed by atoms with Crippen LogP contribution >= 0.6 is 38.5 Å². The van der Waals surface area contributed by atoms with Gasteiger partial charge in [0.1, 0.15) is 11.5 Å². The number of nitrogens with one attached hydrogen (secondary N) is 1. The fourth-order valence-electron chi connectivity index (χ4n) is 1.96. The Morgan fingerprint density at radius 3 is 2.70 bits per heavy atom. The zero-order valence-electron chi connectivity index (χ0n) is 10.9. The minimum Gasteiger partial charge on any atom is -0.456 e. The number of rotatable bonds is 5. The van der Waals surface area contributed by atoms with E-state index in [-0.39, 0.29) is 0 Å². The van der Waals surface area contributed by atoms with Crippen LogP contribution in [0.2, 0.25) is 0 Å². The van der Waals surface area contributed by atoms with Gasteiger partial charge in [-0.3, -0.25) is 0 Å². The van der Waals surface area contributed by atoms with E-state index in [4.69, 9.17) is 4.74 Å². The van der Waals surface area contributed by atoms with Crippen LogP contribution in [-0.2, 0) is 6.54 Å². The summed E-state index contributed by atoms with van der Waals surface area (Å²) in [5.41, 5.74) is 1.19. The zero-order chi connectivity index (χ0) is 13.9. The molecule has 0 aliphatic heterocycles. The van der Waals surface area contributed by atoms with Gasteiger partial charge in [-0.05, 0) is 59.7 Å². The third-order valence-corrected chi connectivity index (χ3v) is 4.63. The fraction of sp³-hybridized carbons (Fsp3) is 0.250. The first-order valence-electron chi connectivity index (χ1n) is 6.66. The number of ether oxygens (including phenoxy) is 1. The van der Waals surface area contributed by atoms with Crippen molar-refractivity contribution < 1.29 is 4.74 Å². The Balaban J connectivity index is 1.82. The van der Waals surface area contributed by atoms with Crippen molar-refractivity contribution in [3.63, 3.8) is 0 Å². The summed E-state index contributed by atoms with van der Waals surface area (Å²) in [7, 11) is 0. The molecule has 2 aromatic carbocycles. The maximum atomic E-state index is 6.10. The summed E-state index contributed by atoms with van der Waals surface area (Å²) in [4.78, 5) is 0. The molecule has 3 rings (SSSR count). The van der Waals surface area contributed by atoms with Gasteiger partial charge >= 0.3 is 0 Å². The summed E-state index contributed by atoms with van der Waals surface area (Å²) >= 11 is 5.82. The van der Waals surface area contributed by atoms with E-state index < -0.39 is 0 Å². The van der Waals surface area contributed by atoms with E-state index in [1.165, 1.54) is 18.4 Å². The predicted molar refractivity (Wildman–Crippen MR) is 93.2 cm³/mol. The third kappa shape index (κ3) is 3.74. The molecule has 0 heterocycles. The first-order valence-corrected chi connectivity index (χ1v) is 8.54. The molecular weight excluding hydrogens is 429 g/mol. The molecule has 0 amide bonds. The lowest BCUT2D eigenvalue weighted by Crippen LogP contribution is -2.15. The van der Waals surface area contributed by atoms with Crippen molar-refractivity contribution in [2.45, 2.75) is 25.4 Å². The maximum Gasteiger partial charge on any atom is 0.140 e. The lowest BCUT2D eigenvalue weighted by atomic mass is 10.2. The summed E-state index contributed by atoms with van der Waals surface area (Å²) < 4.78 is 8.25. The topological polar surface area (TPSA) is 21.3 Å². The second-order valence-corrected chi connectivity index (χ2v) is 7.02. The zero-order valence-corrected chi connectivity index (χ0v) is 14.6. The Labute approximate surface area is 141 Å². The summed E-state index contributed by atoms with van der Waals surface area (Å²) in [6.45, 7) is 0.858. The molecule has 4 heteroatoms. The molecule has 104 valence electrons. The lowest BCUT2D eigenvalue weighted by molar-refractivity contribution is 0.469. The highest BCUT2D eigenvalue weighted by molar-refractivity contribution is 14.1. The third-order valence-electron chi connectivity index (χ3n) is 3.24. The van der Waals surface area contributed by atoms with Crippen LogP contribution in [0.1, 0.15) is 18.4 Å². The predicted octanol–water partition coefficient (Wildman–Crippen LogP) is 5.10. The number of hydrogen-bond donors (Lipinski definition) is 1. The van der Waals surface area contributed by atoms with Gasteiger partial charge in [0, 0.05) is 22.6 Å². The first kappa shape index (κ1) is 14.4. The van der Waals surface area contributed by atoms with Crippen molar-refractivity contribution in [3.05, 3.63) is 56.1 Å². The van der Waals surface area contributed by atoms with Crippen LogP contribution in [-0.4, -0.2) is 6.04 Å². The molecule has 0 spiro atoms. The number of hydrogen-bond acceptors (Lipinski definition) is 2. The van der Waals surface area contributed by atoms with E-state index in [1.807, 2.05) is 24.3 Å². The van der Waals surface area contributed by atoms with Crippen LogP contribution < -0.4 is 10.1 Å². The minimum atomic E-state index is 0.698. The highest BCUT2D eigenvalue weighted by atomic mass is 127. The number of para-hydroxylation sites is 1. The van der Waals surface area contributed by atoms with E-state index in [0.717, 1.165) is 26.1 Å². The van der Waals surface area contributed by atoms with Gasteiger partial charge in [0.05, 0.1) is 3.57 Å². The molecule has 0 saturated heterocycles. The molecule has 0 radical (unpaired) electrons. The van der Waals surface area contributed by atoms with Gasteiger partial charge < -0.3 is 10.1 Å². The van der Waals surface area contributed by atoms with Crippen LogP contribution in [0.5, 0.6) is 11.5 Å². The van der Waals surface area contributed by atoms with E-state index >= 15 is 0 Å². The Kier molecular flexibility index (Phi) is 4.63. The van der Waals surface area contributed by atoms with E-state index in [9.17, 15) is 0 Å². The van der Waals surface area contributed by atoms with Crippen molar-refractivity contribution in [2.75, 3.05) is 0 Å². The second kappa shape index (κ2) is 6.45. The van der Waals surface area contributed by atoms with E-state index in [0.29, 0.717) is 6.04 Å². The SMILES string of the molecule is Brc1ccc(CNC2CC2)c(Oc2ccccc2I)c1. The molecule has 0 atom stereocenters. The van der Waals surface area contributed by atoms with Crippen LogP contribution in [0.3, 0.4) is 0 Å². The largest absolute Gasteiger partial charge is 0.456 e. The van der Waals surface area contributed by atoms with Crippen molar-refractivity contribution in [1.29, 1.82) is 0 Å². The molecular formula is C16H15BrINO. The van der Waals surface area contributed by atoms with Crippen LogP contribution in [0, 0.1) is 3.57 Å². The molecule has 1 saturated carbocycles. The highest BCUT2D eigenvalue weighted by Crippen LogP contribution is 2.31. The lowest BCUT2D eigenvalue weighted by Gasteiger charge is -2.13. The van der Waals surface area contributed by atoms with Crippen molar-refractivity contribution in [3.8, 4) is 11.5 Å². The van der Waals surface area contributed by atoms with Gasteiger partial charge in [-0.25, -0.2) is 0 Å². The van der Waals surface area contributed by atoms with Gasteiger partial charge in [0.15, 0.2) is 0 Å². The van der Waals surface area contributed by atoms with Crippen LogP contribution in [0.4, 0.5) is 0 Å². The normalized spacial score (nSPS) is 14.3. The maximum absolute atomic E-state index is 6.10. The average molecular weight is 444 g/mol. The number of benzene rings is 2. The molecule has 20 heavy (non-hydrogen) atoms. The quantitative estimate of drug-likeness (QED) is 0.649. The molecule has 2 nitrogen and oxygen atoms in total. The standard InChI is InChI=1S/C16H15BrINO/c17-12-6-5-11(10-19-13-7-8-13)16(9-12)20-15-4-2-1-3-14(15)18/h1-6,9,13,19H,7-8,10H2. The Hall–Kier alpha value is -0.590. The molecule has 0 bridgehead atoms. The Morgan fingerprint density at radius 1 is 1.15 bits per heavy atom. The summed E-state index contributed by atoms with van der Waals surface area (Å²) in [6, 6.07) is 15.0. The van der Waals surface area contributed by atoms with Gasteiger partial charge in [0.25, 0.3) is 0 Å². The fourth-order valence-corrected chi connectivity index (χ4v) is 2.79. The molecule has 0 aromatic heterocycles. The summed E-state index contributed by atoms with van der Waals surface area (Å²) in [6.07, 6.45) is 2.59. The second-order valence-electron chi connectivity index (χ2n) is 4.94. The monoisotopic (exact) mass is 443 g/mol. The number of halogens is 2. The van der Waals surface area contributed by atoms with Gasteiger partial charge in [-0.2, -0.15) is 0 Å². The van der Waals surface area contributed by atoms with Gasteiger partial charge in [-0.1, -0.05) is 34.1 Å². The molecule has 2 aromatic rings. The van der Waals surface area contributed by atoms with Gasteiger partial charge in [0.2, 0.25) is 0 Å². The smallest absolute Gasteiger partial charge is 0.140 e. The molecule has 1 fully saturated rings. The molecule has 0 unspecified atom stereocenters. The molecule has 1 N–H and O–H groups in total. The van der Waals surface area contributed by atoms with Crippen LogP contribution in [0.15, 0.2) is 46.9 Å². The Morgan fingerprint density at radius 2 is 1.95 bits per heavy atom. The minimum absolute atomic E-state index is 0.698. The van der Waals surface area contributed by atoms with E-state index in [2.05, 4.69) is 62.0 Å². The van der Waals surface area contributed by atoms with Gasteiger partial charge in [-0.15, -0.1) is 0 Å². The van der Waals surface area contributed by atoms with Crippen LogP contribution in [0.25, 0.3) is 0 Å². The van der Waals surface area contributed by atoms with Crippen molar-refractivity contribution in [2.24, 2.45) is 0 Å². The average Bonchev–Trinajstić information content (AvgIpc) is 3.25. The summed E-state index contributed by atoms with van der Waals surface area (Å²) in [5.74, 6) is 1.82. The molecule has 1 aliphatic rings. The molecule has 1 aliphatic carbocycles. The summed E-state index contributed by atoms with van der Waals surface area (Å²) in [5, 5.41) is 3.54. The Bertz CT molecular complexity index is 613. The van der Waals surface area contributed by atoms with Crippen molar-refractivity contribution >= 4 is 38.5 Å². The van der Waals surface area contributed by atoms with E-state index in [1.54, 1.807) is 0 Å². The highest BCUT2D eigenvalue weighted by Gasteiger charge is 2.20.